The zero-order valence-corrected chi connectivity index (χ0v) is 11.0. The highest BCUT2D eigenvalue weighted by Crippen LogP contribution is 2.21. The lowest BCUT2D eigenvalue weighted by Crippen LogP contribution is -2.31. The summed E-state index contributed by atoms with van der Waals surface area (Å²) in [5.74, 6) is -6.11. The third kappa shape index (κ3) is 2.73. The maximum absolute atomic E-state index is 13.3. The Kier molecular flexibility index (Phi) is 4.32. The summed E-state index contributed by atoms with van der Waals surface area (Å²) in [6.07, 6.45) is 1.16. The van der Waals surface area contributed by atoms with Gasteiger partial charge in [-0.1, -0.05) is 0 Å². The van der Waals surface area contributed by atoms with Crippen LogP contribution in [-0.2, 0) is 0 Å². The van der Waals surface area contributed by atoms with Gasteiger partial charge in [0.1, 0.15) is 5.56 Å². The van der Waals surface area contributed by atoms with Crippen LogP contribution in [0.5, 0.6) is 0 Å². The minimum Gasteiger partial charge on any atom is -0.477 e. The van der Waals surface area contributed by atoms with Crippen LogP contribution in [0.15, 0.2) is 35.3 Å². The number of hydrogen-bond donors (Lipinski definition) is 2. The number of aliphatic hydroxyl groups is 1. The van der Waals surface area contributed by atoms with E-state index in [-0.39, 0.29) is 5.56 Å². The highest BCUT2D eigenvalue weighted by atomic mass is 19.2. The molecule has 1 heterocycles. The van der Waals surface area contributed by atoms with Crippen LogP contribution in [0.1, 0.15) is 22.0 Å². The fourth-order valence-corrected chi connectivity index (χ4v) is 2.04. The first-order valence-electron chi connectivity index (χ1n) is 6.06. The molecule has 1 unspecified atom stereocenters. The van der Waals surface area contributed by atoms with E-state index in [0.29, 0.717) is 12.1 Å². The van der Waals surface area contributed by atoms with Gasteiger partial charge in [0.05, 0.1) is 12.6 Å². The molecule has 0 aliphatic heterocycles. The molecule has 2 N–H and O–H groups in total. The van der Waals surface area contributed by atoms with E-state index < -0.39 is 47.2 Å². The SMILES string of the molecule is O=C(O)c1cccn(C(CO)c2cc(F)c(F)c(F)c2)c1=O. The van der Waals surface area contributed by atoms with Crippen molar-refractivity contribution in [1.29, 1.82) is 0 Å². The summed E-state index contributed by atoms with van der Waals surface area (Å²) in [5, 5.41) is 18.3. The molecular formula is C14H10F3NO4. The van der Waals surface area contributed by atoms with Crippen LogP contribution in [0.4, 0.5) is 13.2 Å². The number of nitrogens with zero attached hydrogens (tertiary/aromatic N) is 1. The second kappa shape index (κ2) is 6.02. The highest BCUT2D eigenvalue weighted by molar-refractivity contribution is 5.87. The predicted molar refractivity (Wildman–Crippen MR) is 69.2 cm³/mol. The van der Waals surface area contributed by atoms with Gasteiger partial charge in [-0.05, 0) is 29.8 Å². The van der Waals surface area contributed by atoms with Gasteiger partial charge < -0.3 is 14.8 Å². The van der Waals surface area contributed by atoms with Crippen LogP contribution in [0, 0.1) is 17.5 Å². The normalized spacial score (nSPS) is 12.2. The molecule has 1 aromatic heterocycles. The molecule has 1 aromatic carbocycles. The molecule has 0 saturated carbocycles. The van der Waals surface area contributed by atoms with Crippen LogP contribution < -0.4 is 5.56 Å². The molecule has 8 heteroatoms. The largest absolute Gasteiger partial charge is 0.477 e. The lowest BCUT2D eigenvalue weighted by atomic mass is 10.1. The standard InChI is InChI=1S/C14H10F3NO4/c15-9-4-7(5-10(16)12(9)17)11(6-19)18-3-1-2-8(13(18)20)14(21)22/h1-5,11,19H,6H2,(H,21,22). The van der Waals surface area contributed by atoms with Gasteiger partial charge in [-0.3, -0.25) is 4.79 Å². The van der Waals surface area contributed by atoms with Crippen molar-refractivity contribution in [2.24, 2.45) is 0 Å². The van der Waals surface area contributed by atoms with Crippen LogP contribution in [-0.4, -0.2) is 27.4 Å². The summed E-state index contributed by atoms with van der Waals surface area (Å²) in [6.45, 7) is -0.743. The molecule has 0 amide bonds. The Morgan fingerprint density at radius 1 is 1.23 bits per heavy atom. The summed E-state index contributed by atoms with van der Waals surface area (Å²) >= 11 is 0. The molecule has 22 heavy (non-hydrogen) atoms. The number of carbonyl (C=O) groups is 1. The summed E-state index contributed by atoms with van der Waals surface area (Å²) < 4.78 is 40.4. The predicted octanol–water partition coefficient (Wildman–Crippen LogP) is 1.55. The van der Waals surface area contributed by atoms with Gasteiger partial charge in [0.25, 0.3) is 5.56 Å². The minimum atomic E-state index is -1.67. The van der Waals surface area contributed by atoms with Crippen molar-refractivity contribution in [1.82, 2.24) is 4.57 Å². The summed E-state index contributed by atoms with van der Waals surface area (Å²) in [6, 6.07) is 2.32. The topological polar surface area (TPSA) is 79.5 Å². The Morgan fingerprint density at radius 3 is 2.32 bits per heavy atom. The van der Waals surface area contributed by atoms with Crippen molar-refractivity contribution in [2.45, 2.75) is 6.04 Å². The van der Waals surface area contributed by atoms with E-state index in [1.807, 2.05) is 0 Å². The van der Waals surface area contributed by atoms with Crippen molar-refractivity contribution in [3.8, 4) is 0 Å². The molecule has 0 saturated heterocycles. The number of rotatable bonds is 4. The van der Waals surface area contributed by atoms with E-state index in [0.717, 1.165) is 16.8 Å². The molecule has 0 aliphatic rings. The Labute approximate surface area is 121 Å². The van der Waals surface area contributed by atoms with Crippen LogP contribution in [0.3, 0.4) is 0 Å². The number of aromatic nitrogens is 1. The molecule has 116 valence electrons. The number of aromatic carboxylic acids is 1. The Bertz CT molecular complexity index is 765. The van der Waals surface area contributed by atoms with Gasteiger partial charge in [0.2, 0.25) is 0 Å². The van der Waals surface area contributed by atoms with Crippen LogP contribution in [0.2, 0.25) is 0 Å². The first-order valence-corrected chi connectivity index (χ1v) is 6.06. The van der Waals surface area contributed by atoms with Crippen LogP contribution >= 0.6 is 0 Å². The lowest BCUT2D eigenvalue weighted by Gasteiger charge is -2.18. The third-order valence-corrected chi connectivity index (χ3v) is 3.10. The molecule has 0 bridgehead atoms. The van der Waals surface area contributed by atoms with Crippen molar-refractivity contribution >= 4 is 5.97 Å². The van der Waals surface area contributed by atoms with E-state index in [2.05, 4.69) is 0 Å². The molecule has 0 fully saturated rings. The molecular weight excluding hydrogens is 303 g/mol. The van der Waals surface area contributed by atoms with Gasteiger partial charge in [-0.15, -0.1) is 0 Å². The zero-order chi connectivity index (χ0) is 16.4. The summed E-state index contributed by atoms with van der Waals surface area (Å²) in [5.41, 5.74) is -1.73. The number of carboxylic acids is 1. The Balaban J connectivity index is 2.61. The van der Waals surface area contributed by atoms with Crippen molar-refractivity contribution in [2.75, 3.05) is 6.61 Å². The smallest absolute Gasteiger partial charge is 0.341 e. The van der Waals surface area contributed by atoms with E-state index in [4.69, 9.17) is 5.11 Å². The molecule has 5 nitrogen and oxygen atoms in total. The fraction of sp³-hybridized carbons (Fsp3) is 0.143. The first-order chi connectivity index (χ1) is 10.4. The number of halogens is 3. The molecule has 0 aliphatic carbocycles. The molecule has 0 radical (unpaired) electrons. The second-order valence-corrected chi connectivity index (χ2v) is 4.44. The van der Waals surface area contributed by atoms with Gasteiger partial charge in [0, 0.05) is 6.20 Å². The first kappa shape index (κ1) is 15.8. The van der Waals surface area contributed by atoms with Gasteiger partial charge in [-0.2, -0.15) is 0 Å². The minimum absolute atomic E-state index is 0.205. The zero-order valence-electron chi connectivity index (χ0n) is 11.0. The van der Waals surface area contributed by atoms with Gasteiger partial charge >= 0.3 is 5.97 Å². The molecule has 2 aromatic rings. The number of carboxylic acid groups (broad SMARTS) is 1. The third-order valence-electron chi connectivity index (χ3n) is 3.10. The van der Waals surface area contributed by atoms with Crippen molar-refractivity contribution in [3.05, 3.63) is 69.4 Å². The molecule has 1 atom stereocenters. The van der Waals surface area contributed by atoms with Crippen molar-refractivity contribution in [3.63, 3.8) is 0 Å². The average molecular weight is 313 g/mol. The van der Waals surface area contributed by atoms with E-state index in [9.17, 15) is 27.9 Å². The highest BCUT2D eigenvalue weighted by Gasteiger charge is 2.21. The quantitative estimate of drug-likeness (QED) is 0.839. The van der Waals surface area contributed by atoms with Gasteiger partial charge in [0.15, 0.2) is 17.5 Å². The monoisotopic (exact) mass is 313 g/mol. The Morgan fingerprint density at radius 2 is 1.82 bits per heavy atom. The summed E-state index contributed by atoms with van der Waals surface area (Å²) in [7, 11) is 0. The van der Waals surface area contributed by atoms with Gasteiger partial charge in [-0.25, -0.2) is 18.0 Å². The van der Waals surface area contributed by atoms with E-state index in [1.165, 1.54) is 6.07 Å². The van der Waals surface area contributed by atoms with E-state index in [1.54, 1.807) is 0 Å². The Hall–Kier alpha value is -2.61. The maximum Gasteiger partial charge on any atom is 0.341 e. The summed E-state index contributed by atoms with van der Waals surface area (Å²) in [4.78, 5) is 23.0. The lowest BCUT2D eigenvalue weighted by molar-refractivity contribution is 0.0693. The number of benzene rings is 1. The molecule has 2 rings (SSSR count). The number of hydrogen-bond acceptors (Lipinski definition) is 3. The molecule has 0 spiro atoms. The van der Waals surface area contributed by atoms with Crippen molar-refractivity contribution < 1.29 is 28.2 Å². The van der Waals surface area contributed by atoms with E-state index >= 15 is 0 Å². The van der Waals surface area contributed by atoms with Crippen LogP contribution in [0.25, 0.3) is 0 Å². The average Bonchev–Trinajstić information content (AvgIpc) is 2.46. The number of pyridine rings is 1. The maximum atomic E-state index is 13.3. The fourth-order valence-electron chi connectivity index (χ4n) is 2.04. The second-order valence-electron chi connectivity index (χ2n) is 4.44. The number of aliphatic hydroxyl groups excluding tert-OH is 1.